The van der Waals surface area contributed by atoms with Crippen LogP contribution < -0.4 is 5.32 Å². The third-order valence-electron chi connectivity index (χ3n) is 4.43. The van der Waals surface area contributed by atoms with Gasteiger partial charge in [0.1, 0.15) is 5.69 Å². The van der Waals surface area contributed by atoms with Crippen molar-refractivity contribution in [1.82, 2.24) is 9.88 Å². The van der Waals surface area contributed by atoms with E-state index in [-0.39, 0.29) is 17.4 Å². The highest BCUT2D eigenvalue weighted by atomic mass is 16.2. The van der Waals surface area contributed by atoms with Gasteiger partial charge in [-0.2, -0.15) is 0 Å². The summed E-state index contributed by atoms with van der Waals surface area (Å²) in [5.74, 6) is -0.491. The number of Topliss-reactive ketones (excluding diaryl/α,β-unsaturated/α-hetero) is 1. The van der Waals surface area contributed by atoms with Crippen molar-refractivity contribution in [2.75, 3.05) is 18.4 Å². The molecule has 2 amide bonds. The first-order chi connectivity index (χ1) is 12.5. The molecule has 0 unspecified atom stereocenters. The second kappa shape index (κ2) is 7.91. The molecule has 1 aromatic carbocycles. The Hall–Kier alpha value is -3.02. The molecule has 0 radical (unpaired) electrons. The number of pyridine rings is 1. The van der Waals surface area contributed by atoms with Gasteiger partial charge in [0.15, 0.2) is 5.78 Å². The van der Waals surface area contributed by atoms with Crippen molar-refractivity contribution in [2.45, 2.75) is 26.2 Å². The monoisotopic (exact) mass is 351 g/mol. The smallest absolute Gasteiger partial charge is 0.274 e. The van der Waals surface area contributed by atoms with Crippen LogP contribution in [0.5, 0.6) is 0 Å². The lowest BCUT2D eigenvalue weighted by Crippen LogP contribution is -2.35. The SMILES string of the molecule is CC(=O)c1ccc(NC(=O)c2cc(C(=O)N3CCCCC3)ccn2)cc1. The molecule has 0 bridgehead atoms. The number of amides is 2. The number of carbonyl (C=O) groups excluding carboxylic acids is 3. The lowest BCUT2D eigenvalue weighted by atomic mass is 10.1. The Balaban J connectivity index is 1.71. The van der Waals surface area contributed by atoms with E-state index >= 15 is 0 Å². The maximum Gasteiger partial charge on any atom is 0.274 e. The lowest BCUT2D eigenvalue weighted by Gasteiger charge is -2.26. The number of nitrogens with one attached hydrogen (secondary N) is 1. The van der Waals surface area contributed by atoms with Crippen LogP contribution in [0.15, 0.2) is 42.6 Å². The summed E-state index contributed by atoms with van der Waals surface area (Å²) in [7, 11) is 0. The van der Waals surface area contributed by atoms with Crippen molar-refractivity contribution >= 4 is 23.3 Å². The fourth-order valence-electron chi connectivity index (χ4n) is 2.95. The van der Waals surface area contributed by atoms with Crippen LogP contribution in [0.3, 0.4) is 0 Å². The lowest BCUT2D eigenvalue weighted by molar-refractivity contribution is 0.0724. The summed E-state index contributed by atoms with van der Waals surface area (Å²) >= 11 is 0. The van der Waals surface area contributed by atoms with E-state index in [1.165, 1.54) is 19.2 Å². The van der Waals surface area contributed by atoms with Crippen molar-refractivity contribution < 1.29 is 14.4 Å². The van der Waals surface area contributed by atoms with Gasteiger partial charge in [-0.25, -0.2) is 0 Å². The number of nitrogens with zero attached hydrogens (tertiary/aromatic N) is 2. The summed E-state index contributed by atoms with van der Waals surface area (Å²) in [6.45, 7) is 3.00. The Kier molecular flexibility index (Phi) is 5.41. The molecule has 2 heterocycles. The number of ketones is 1. The molecule has 1 saturated heterocycles. The zero-order chi connectivity index (χ0) is 18.5. The van der Waals surface area contributed by atoms with E-state index in [1.807, 2.05) is 4.90 Å². The fraction of sp³-hybridized carbons (Fsp3) is 0.300. The average molecular weight is 351 g/mol. The van der Waals surface area contributed by atoms with Gasteiger partial charge < -0.3 is 10.2 Å². The fourth-order valence-corrected chi connectivity index (χ4v) is 2.95. The second-order valence-electron chi connectivity index (χ2n) is 6.37. The maximum absolute atomic E-state index is 12.6. The van der Waals surface area contributed by atoms with Gasteiger partial charge in [-0.05, 0) is 62.6 Å². The summed E-state index contributed by atoms with van der Waals surface area (Å²) in [4.78, 5) is 42.2. The quantitative estimate of drug-likeness (QED) is 0.858. The zero-order valence-corrected chi connectivity index (χ0v) is 14.7. The standard InChI is InChI=1S/C20H21N3O3/c1-14(24)15-5-7-17(8-6-15)22-19(25)18-13-16(9-10-21-18)20(26)23-11-3-2-4-12-23/h5-10,13H,2-4,11-12H2,1H3,(H,22,25). The number of rotatable bonds is 4. The van der Waals surface area contributed by atoms with Gasteiger partial charge >= 0.3 is 0 Å². The summed E-state index contributed by atoms with van der Waals surface area (Å²) in [5.41, 5.74) is 1.80. The number of carbonyl (C=O) groups is 3. The van der Waals surface area contributed by atoms with Gasteiger partial charge in [0.2, 0.25) is 0 Å². The molecule has 3 rings (SSSR count). The Morgan fingerprint density at radius 2 is 1.65 bits per heavy atom. The van der Waals surface area contributed by atoms with E-state index in [9.17, 15) is 14.4 Å². The van der Waals surface area contributed by atoms with Crippen LogP contribution >= 0.6 is 0 Å². The molecule has 26 heavy (non-hydrogen) atoms. The first-order valence-electron chi connectivity index (χ1n) is 8.72. The van der Waals surface area contributed by atoms with E-state index in [4.69, 9.17) is 0 Å². The minimum Gasteiger partial charge on any atom is -0.339 e. The zero-order valence-electron chi connectivity index (χ0n) is 14.7. The van der Waals surface area contributed by atoms with Crippen molar-refractivity contribution in [3.05, 3.63) is 59.4 Å². The Morgan fingerprint density at radius 3 is 2.31 bits per heavy atom. The van der Waals surface area contributed by atoms with E-state index < -0.39 is 5.91 Å². The minimum absolute atomic E-state index is 0.0338. The number of benzene rings is 1. The van der Waals surface area contributed by atoms with Crippen LogP contribution in [-0.2, 0) is 0 Å². The van der Waals surface area contributed by atoms with E-state index in [1.54, 1.807) is 30.3 Å². The van der Waals surface area contributed by atoms with Gasteiger partial charge in [-0.15, -0.1) is 0 Å². The molecule has 6 heteroatoms. The molecule has 1 N–H and O–H groups in total. The van der Waals surface area contributed by atoms with Crippen LogP contribution in [0.2, 0.25) is 0 Å². The predicted molar refractivity (Wildman–Crippen MR) is 98.4 cm³/mol. The molecule has 6 nitrogen and oxygen atoms in total. The van der Waals surface area contributed by atoms with E-state index in [2.05, 4.69) is 10.3 Å². The third kappa shape index (κ3) is 4.14. The highest BCUT2D eigenvalue weighted by Crippen LogP contribution is 2.15. The van der Waals surface area contributed by atoms with Crippen molar-refractivity contribution in [2.24, 2.45) is 0 Å². The first kappa shape index (κ1) is 17.8. The highest BCUT2D eigenvalue weighted by Gasteiger charge is 2.19. The van der Waals surface area contributed by atoms with Gasteiger partial charge in [0.05, 0.1) is 0 Å². The van der Waals surface area contributed by atoms with Crippen molar-refractivity contribution in [3.63, 3.8) is 0 Å². The Labute approximate surface area is 152 Å². The van der Waals surface area contributed by atoms with Gasteiger partial charge in [-0.1, -0.05) is 0 Å². The Morgan fingerprint density at radius 1 is 0.962 bits per heavy atom. The molecule has 0 aliphatic carbocycles. The Bertz CT molecular complexity index is 824. The van der Waals surface area contributed by atoms with Crippen LogP contribution in [0.25, 0.3) is 0 Å². The molecule has 1 aliphatic heterocycles. The largest absolute Gasteiger partial charge is 0.339 e. The summed E-state index contributed by atoms with van der Waals surface area (Å²) in [6.07, 6.45) is 4.65. The van der Waals surface area contributed by atoms with Gasteiger partial charge in [0.25, 0.3) is 11.8 Å². The number of hydrogen-bond donors (Lipinski definition) is 1. The third-order valence-corrected chi connectivity index (χ3v) is 4.43. The molecule has 134 valence electrons. The number of piperidine rings is 1. The van der Waals surface area contributed by atoms with Crippen LogP contribution in [0, 0.1) is 0 Å². The number of aromatic nitrogens is 1. The van der Waals surface area contributed by atoms with E-state index in [0.29, 0.717) is 16.8 Å². The predicted octanol–water partition coefficient (Wildman–Crippen LogP) is 3.16. The van der Waals surface area contributed by atoms with Crippen LogP contribution in [0.4, 0.5) is 5.69 Å². The molecule has 0 spiro atoms. The van der Waals surface area contributed by atoms with Crippen molar-refractivity contribution in [1.29, 1.82) is 0 Å². The second-order valence-corrected chi connectivity index (χ2v) is 6.37. The van der Waals surface area contributed by atoms with Crippen molar-refractivity contribution in [3.8, 4) is 0 Å². The first-order valence-corrected chi connectivity index (χ1v) is 8.72. The van der Waals surface area contributed by atoms with E-state index in [0.717, 1.165) is 32.4 Å². The number of anilines is 1. The van der Waals surface area contributed by atoms with Crippen LogP contribution in [-0.4, -0.2) is 40.6 Å². The average Bonchev–Trinajstić information content (AvgIpc) is 2.68. The molecule has 1 fully saturated rings. The molecular weight excluding hydrogens is 330 g/mol. The number of likely N-dealkylation sites (tertiary alicyclic amines) is 1. The molecule has 1 aliphatic rings. The molecular formula is C20H21N3O3. The maximum atomic E-state index is 12.6. The summed E-state index contributed by atoms with van der Waals surface area (Å²) in [5, 5.41) is 2.73. The normalized spacial score (nSPS) is 14.0. The highest BCUT2D eigenvalue weighted by molar-refractivity contribution is 6.05. The molecule has 2 aromatic rings. The molecule has 0 saturated carbocycles. The van der Waals surface area contributed by atoms with Gasteiger partial charge in [0, 0.05) is 36.1 Å². The molecule has 0 atom stereocenters. The minimum atomic E-state index is -0.395. The summed E-state index contributed by atoms with van der Waals surface area (Å²) < 4.78 is 0. The van der Waals surface area contributed by atoms with Crippen LogP contribution in [0.1, 0.15) is 57.4 Å². The molecule has 1 aromatic heterocycles. The topological polar surface area (TPSA) is 79.4 Å². The number of hydrogen-bond acceptors (Lipinski definition) is 4. The summed E-state index contributed by atoms with van der Waals surface area (Å²) in [6, 6.07) is 9.80. The van der Waals surface area contributed by atoms with Gasteiger partial charge in [-0.3, -0.25) is 19.4 Å².